The summed E-state index contributed by atoms with van der Waals surface area (Å²) in [5, 5.41) is 9.12. The van der Waals surface area contributed by atoms with Crippen molar-refractivity contribution < 1.29 is 79.3 Å². The molecule has 4 aromatic rings. The van der Waals surface area contributed by atoms with Crippen molar-refractivity contribution in [1.29, 1.82) is 0 Å². The summed E-state index contributed by atoms with van der Waals surface area (Å²) in [7, 11) is -23.0. The van der Waals surface area contributed by atoms with Crippen LogP contribution in [-0.2, 0) is 66.2 Å². The molecule has 19 nitrogen and oxygen atoms in total. The highest BCUT2D eigenvalue weighted by Crippen LogP contribution is 2.52. The van der Waals surface area contributed by atoms with Crippen molar-refractivity contribution in [3.05, 3.63) is 83.6 Å². The Hall–Kier alpha value is -4.63. The molecule has 1 unspecified atom stereocenters. The van der Waals surface area contributed by atoms with E-state index in [-0.39, 0.29) is 47.4 Å². The predicted molar refractivity (Wildman–Crippen MR) is 235 cm³/mol. The van der Waals surface area contributed by atoms with Gasteiger partial charge in [-0.2, -0.15) is 46.7 Å². The molecular formula is C40H45N2O17S5+. The molecule has 0 aliphatic carbocycles. The lowest BCUT2D eigenvalue weighted by atomic mass is 9.74. The van der Waals surface area contributed by atoms with E-state index >= 15 is 0 Å². The molecule has 4 aromatic carbocycles. The van der Waals surface area contributed by atoms with Crippen molar-refractivity contribution in [2.75, 3.05) is 24.2 Å². The molecule has 2 heterocycles. The number of hydrogen-bond donors (Lipinski definition) is 6. The first kappa shape index (κ1) is 48.8. The van der Waals surface area contributed by atoms with Crippen LogP contribution >= 0.6 is 0 Å². The van der Waals surface area contributed by atoms with E-state index in [2.05, 4.69) is 0 Å². The Labute approximate surface area is 370 Å². The van der Waals surface area contributed by atoms with E-state index in [0.717, 1.165) is 12.1 Å². The van der Waals surface area contributed by atoms with Crippen molar-refractivity contribution in [3.8, 4) is 0 Å². The Morgan fingerprint density at radius 3 is 1.70 bits per heavy atom. The van der Waals surface area contributed by atoms with Crippen LogP contribution in [-0.4, -0.2) is 106 Å². The van der Waals surface area contributed by atoms with Crippen LogP contribution in [0.15, 0.2) is 92.0 Å². The molecular weight excluding hydrogens is 941 g/mol. The van der Waals surface area contributed by atoms with E-state index in [1.165, 1.54) is 18.2 Å². The van der Waals surface area contributed by atoms with Gasteiger partial charge in [-0.3, -0.25) is 27.6 Å². The number of fused-ring (bicyclic) bond motifs is 6. The quantitative estimate of drug-likeness (QED) is 0.0457. The van der Waals surface area contributed by atoms with Gasteiger partial charge in [0.05, 0.1) is 21.0 Å². The standard InChI is InChI=1S/C40H44N2O17S5/c1-39(2)34(42(18-7-5-6-12-36(43)44)31-16-14-26-28(37(31)39)20-24(61(48,49)50)22-32(26)63(54,55)56)10-8-11-35-40(3,17-9-19-60(45,46)47)38-29-21-25(62(51,52)53)23-33(64(57,58)59)27(29)13-15-30(38)41(35)4/h8,10-11,13-16,20-23H,5-7,9,12,17-19H2,1-4H3,(H5-,43,44,45,46,47,48,49,50,51,52,53,54,55,56,57,58,59)/p+1. The second kappa shape index (κ2) is 16.7. The van der Waals surface area contributed by atoms with E-state index in [1.807, 2.05) is 4.90 Å². The van der Waals surface area contributed by atoms with Crippen molar-refractivity contribution in [2.45, 2.75) is 89.7 Å². The van der Waals surface area contributed by atoms with Gasteiger partial charge in [0, 0.05) is 58.2 Å². The van der Waals surface area contributed by atoms with Crippen LogP contribution in [0.3, 0.4) is 0 Å². The number of carboxylic acids is 1. The largest absolute Gasteiger partial charge is 0.481 e. The summed E-state index contributed by atoms with van der Waals surface area (Å²) < 4.78 is 176. The zero-order valence-corrected chi connectivity index (χ0v) is 38.7. The number of carbonyl (C=O) groups is 1. The molecule has 0 fully saturated rings. The Morgan fingerprint density at radius 1 is 0.672 bits per heavy atom. The van der Waals surface area contributed by atoms with Gasteiger partial charge < -0.3 is 10.0 Å². The lowest BCUT2D eigenvalue weighted by Gasteiger charge is -2.27. The number of unbranched alkanes of at least 4 members (excludes halogenated alkanes) is 2. The summed E-state index contributed by atoms with van der Waals surface area (Å²) in [4.78, 5) is 9.90. The first-order valence-corrected chi connectivity index (χ1v) is 26.7. The lowest BCUT2D eigenvalue weighted by Crippen LogP contribution is -2.31. The lowest BCUT2D eigenvalue weighted by molar-refractivity contribution is -0.401. The SMILES string of the molecule is C[N+]1=C(/C=C/C=C2/N(CCCCCC(=O)O)c3ccc4c(S(=O)(=O)O)cc(S(=O)(=O)O)cc4c3C2(C)C)C(C)(CCCS(=O)(=O)O)c2c1ccc1c(S(=O)(=O)O)cc(S(=O)(=O)O)cc21. The van der Waals surface area contributed by atoms with Crippen LogP contribution in [0.2, 0.25) is 0 Å². The fourth-order valence-electron chi connectivity index (χ4n) is 9.07. The van der Waals surface area contributed by atoms with E-state index in [1.54, 1.807) is 56.7 Å². The van der Waals surface area contributed by atoms with Crippen LogP contribution in [0.4, 0.5) is 11.4 Å². The third kappa shape index (κ3) is 9.39. The topological polar surface area (TPSA) is 315 Å². The molecule has 6 rings (SSSR count). The zero-order chi connectivity index (χ0) is 47.7. The highest BCUT2D eigenvalue weighted by Gasteiger charge is 2.48. The first-order valence-electron chi connectivity index (χ1n) is 19.4. The molecule has 2 aliphatic rings. The maximum absolute atomic E-state index is 12.6. The highest BCUT2D eigenvalue weighted by atomic mass is 32.2. The van der Waals surface area contributed by atoms with Crippen molar-refractivity contribution in [1.82, 2.24) is 0 Å². The zero-order valence-electron chi connectivity index (χ0n) is 34.6. The smallest absolute Gasteiger partial charge is 0.303 e. The van der Waals surface area contributed by atoms with E-state index in [4.69, 9.17) is 0 Å². The van der Waals surface area contributed by atoms with E-state index in [0.29, 0.717) is 65.3 Å². The first-order chi connectivity index (χ1) is 29.3. The Balaban J connectivity index is 1.57. The third-order valence-electron chi connectivity index (χ3n) is 11.8. The van der Waals surface area contributed by atoms with Crippen LogP contribution in [0, 0.1) is 0 Å². The molecule has 346 valence electrons. The summed E-state index contributed by atoms with van der Waals surface area (Å²) in [5.41, 5.74) is 0.308. The number of anilines is 1. The molecule has 0 spiro atoms. The maximum atomic E-state index is 12.6. The van der Waals surface area contributed by atoms with E-state index < -0.39 is 92.7 Å². The molecule has 1 atom stereocenters. The van der Waals surface area contributed by atoms with Crippen LogP contribution in [0.5, 0.6) is 0 Å². The normalized spacial score (nSPS) is 18.8. The van der Waals surface area contributed by atoms with Crippen LogP contribution in [0.25, 0.3) is 21.5 Å². The molecule has 0 radical (unpaired) electrons. The summed E-state index contributed by atoms with van der Waals surface area (Å²) in [6, 6.07) is 9.26. The fraction of sp³-hybridized carbons (Fsp3) is 0.350. The van der Waals surface area contributed by atoms with Crippen LogP contribution < -0.4 is 4.90 Å². The average Bonchev–Trinajstić information content (AvgIpc) is 3.50. The van der Waals surface area contributed by atoms with Gasteiger partial charge >= 0.3 is 5.97 Å². The summed E-state index contributed by atoms with van der Waals surface area (Å²) in [6.45, 7) is 5.53. The fourth-order valence-corrected chi connectivity index (χ4v) is 12.3. The van der Waals surface area contributed by atoms with Gasteiger partial charge in [-0.25, -0.2) is 0 Å². The molecule has 24 heteroatoms. The van der Waals surface area contributed by atoms with Crippen LogP contribution in [0.1, 0.15) is 70.4 Å². The van der Waals surface area contributed by atoms with Gasteiger partial charge in [-0.1, -0.05) is 32.4 Å². The Kier molecular flexibility index (Phi) is 12.7. The molecule has 0 bridgehead atoms. The average molecular weight is 986 g/mol. The van der Waals surface area contributed by atoms with E-state index in [9.17, 15) is 74.8 Å². The number of rotatable bonds is 16. The third-order valence-corrected chi connectivity index (χ3v) is 16.1. The van der Waals surface area contributed by atoms with Gasteiger partial charge in [0.25, 0.3) is 50.6 Å². The Bertz CT molecular complexity index is 3340. The van der Waals surface area contributed by atoms with Gasteiger partial charge in [0.1, 0.15) is 16.8 Å². The monoisotopic (exact) mass is 985 g/mol. The minimum absolute atomic E-state index is 0.00920. The van der Waals surface area contributed by atoms with Gasteiger partial charge in [0.2, 0.25) is 5.69 Å². The second-order valence-corrected chi connectivity index (χ2v) is 23.6. The molecule has 6 N–H and O–H groups in total. The van der Waals surface area contributed by atoms with Crippen molar-refractivity contribution in [2.24, 2.45) is 0 Å². The number of allylic oxidation sites excluding steroid dienone is 4. The van der Waals surface area contributed by atoms with Gasteiger partial charge in [-0.05, 0) is 91.4 Å². The number of benzene rings is 4. The highest BCUT2D eigenvalue weighted by molar-refractivity contribution is 7.87. The molecule has 0 saturated heterocycles. The number of aliphatic carboxylic acids is 1. The number of nitrogens with zero attached hydrogens (tertiary/aromatic N) is 2. The minimum atomic E-state index is -5.09. The predicted octanol–water partition coefficient (Wildman–Crippen LogP) is 5.52. The molecule has 2 aliphatic heterocycles. The van der Waals surface area contributed by atoms with Gasteiger partial charge in [-0.15, -0.1) is 0 Å². The molecule has 64 heavy (non-hydrogen) atoms. The Morgan fingerprint density at radius 2 is 1.20 bits per heavy atom. The molecule has 0 saturated carbocycles. The number of carboxylic acid groups (broad SMARTS) is 1. The van der Waals surface area contributed by atoms with Crippen molar-refractivity contribution >= 4 is 95.2 Å². The van der Waals surface area contributed by atoms with Gasteiger partial charge in [0.15, 0.2) is 5.71 Å². The maximum Gasteiger partial charge on any atom is 0.303 e. The summed E-state index contributed by atoms with van der Waals surface area (Å²) in [6.07, 6.45) is 6.08. The second-order valence-electron chi connectivity index (χ2n) is 16.4. The summed E-state index contributed by atoms with van der Waals surface area (Å²) >= 11 is 0. The minimum Gasteiger partial charge on any atom is -0.481 e. The number of hydrogen-bond acceptors (Lipinski definition) is 12. The van der Waals surface area contributed by atoms with Crippen molar-refractivity contribution in [3.63, 3.8) is 0 Å². The summed E-state index contributed by atoms with van der Waals surface area (Å²) in [5.74, 6) is -1.65. The molecule has 0 amide bonds. The molecule has 0 aromatic heterocycles.